The van der Waals surface area contributed by atoms with Crippen molar-refractivity contribution in [3.8, 4) is 5.75 Å². The van der Waals surface area contributed by atoms with Crippen molar-refractivity contribution in [3.05, 3.63) is 86.0 Å². The topological polar surface area (TPSA) is 55.4 Å². The lowest BCUT2D eigenvalue weighted by Gasteiger charge is -2.08. The highest BCUT2D eigenvalue weighted by molar-refractivity contribution is 7.14. The summed E-state index contributed by atoms with van der Waals surface area (Å²) in [5, 5.41) is 3.60. The molecule has 1 aromatic heterocycles. The number of ketones is 1. The first-order valence-electron chi connectivity index (χ1n) is 8.06. The van der Waals surface area contributed by atoms with Crippen molar-refractivity contribution < 1.29 is 14.3 Å². The number of hydrogen-bond acceptors (Lipinski definition) is 4. The van der Waals surface area contributed by atoms with E-state index in [2.05, 4.69) is 5.32 Å². The molecule has 2 aromatic carbocycles. The summed E-state index contributed by atoms with van der Waals surface area (Å²) < 4.78 is 5.39. The molecule has 0 aliphatic carbocycles. The molecule has 138 valence electrons. The molecular formula is C20H15Cl2NO3S. The van der Waals surface area contributed by atoms with E-state index < -0.39 is 0 Å². The minimum atomic E-state index is -0.287. The number of hydrogen-bond donors (Lipinski definition) is 1. The summed E-state index contributed by atoms with van der Waals surface area (Å²) in [7, 11) is 0. The standard InChI is InChI=1S/C20H15Cl2NO3S/c21-14-6-8-17(16(22)10-14)26-12-19(24)23-11-15-7-9-18(27-15)20(25)13-4-2-1-3-5-13/h1-10H,11-12H2,(H,23,24). The Balaban J connectivity index is 1.51. The van der Waals surface area contributed by atoms with Gasteiger partial charge in [0.15, 0.2) is 6.61 Å². The van der Waals surface area contributed by atoms with Crippen molar-refractivity contribution in [1.29, 1.82) is 0 Å². The van der Waals surface area contributed by atoms with Crippen LogP contribution < -0.4 is 10.1 Å². The quantitative estimate of drug-likeness (QED) is 0.549. The first-order valence-corrected chi connectivity index (χ1v) is 9.63. The van der Waals surface area contributed by atoms with E-state index in [0.717, 1.165) is 4.88 Å². The number of ether oxygens (including phenoxy) is 1. The Hall–Kier alpha value is -2.34. The van der Waals surface area contributed by atoms with Crippen molar-refractivity contribution in [3.63, 3.8) is 0 Å². The summed E-state index contributed by atoms with van der Waals surface area (Å²) in [6, 6.07) is 17.5. The summed E-state index contributed by atoms with van der Waals surface area (Å²) in [4.78, 5) is 25.9. The minimum absolute atomic E-state index is 0.0288. The predicted molar refractivity (Wildman–Crippen MR) is 108 cm³/mol. The molecule has 0 unspecified atom stereocenters. The van der Waals surface area contributed by atoms with E-state index in [0.29, 0.717) is 32.8 Å². The maximum Gasteiger partial charge on any atom is 0.258 e. The summed E-state index contributed by atoms with van der Waals surface area (Å²) in [5.74, 6) is 0.0762. The van der Waals surface area contributed by atoms with Gasteiger partial charge < -0.3 is 10.1 Å². The second kappa shape index (κ2) is 9.04. The average Bonchev–Trinajstić information content (AvgIpc) is 3.15. The Labute approximate surface area is 170 Å². The SMILES string of the molecule is O=C(COc1ccc(Cl)cc1Cl)NCc1ccc(C(=O)c2ccccc2)s1. The first-order chi connectivity index (χ1) is 13.0. The van der Waals surface area contributed by atoms with Crippen LogP contribution in [-0.2, 0) is 11.3 Å². The van der Waals surface area contributed by atoms with Crippen LogP contribution in [-0.4, -0.2) is 18.3 Å². The monoisotopic (exact) mass is 419 g/mol. The van der Waals surface area contributed by atoms with E-state index >= 15 is 0 Å². The Morgan fingerprint density at radius 1 is 1.00 bits per heavy atom. The molecule has 1 N–H and O–H groups in total. The molecule has 3 rings (SSSR count). The van der Waals surface area contributed by atoms with Crippen LogP contribution in [0.5, 0.6) is 5.75 Å². The molecule has 0 aliphatic heterocycles. The van der Waals surface area contributed by atoms with Gasteiger partial charge in [-0.05, 0) is 30.3 Å². The molecule has 0 spiro atoms. The third-order valence-corrected chi connectivity index (χ3v) is 5.25. The van der Waals surface area contributed by atoms with Crippen LogP contribution in [0.3, 0.4) is 0 Å². The summed E-state index contributed by atoms with van der Waals surface area (Å²) in [6.45, 7) is 0.159. The van der Waals surface area contributed by atoms with E-state index in [1.54, 1.807) is 36.4 Å². The zero-order valence-corrected chi connectivity index (χ0v) is 16.4. The minimum Gasteiger partial charge on any atom is -0.482 e. The second-order valence-electron chi connectivity index (χ2n) is 5.60. The van der Waals surface area contributed by atoms with Gasteiger partial charge in [-0.25, -0.2) is 0 Å². The highest BCUT2D eigenvalue weighted by Crippen LogP contribution is 2.27. The predicted octanol–water partition coefficient (Wildman–Crippen LogP) is 4.98. The molecule has 0 fully saturated rings. The highest BCUT2D eigenvalue weighted by Gasteiger charge is 2.12. The van der Waals surface area contributed by atoms with Crippen LogP contribution in [0.15, 0.2) is 60.7 Å². The molecule has 0 saturated carbocycles. The van der Waals surface area contributed by atoms with Gasteiger partial charge in [-0.15, -0.1) is 11.3 Å². The molecular weight excluding hydrogens is 405 g/mol. The van der Waals surface area contributed by atoms with Crippen molar-refractivity contribution in [2.75, 3.05) is 6.61 Å². The van der Waals surface area contributed by atoms with Crippen molar-refractivity contribution in [2.45, 2.75) is 6.54 Å². The van der Waals surface area contributed by atoms with Crippen LogP contribution in [0.1, 0.15) is 20.1 Å². The van der Waals surface area contributed by atoms with E-state index in [4.69, 9.17) is 27.9 Å². The van der Waals surface area contributed by atoms with Gasteiger partial charge in [0.25, 0.3) is 5.91 Å². The van der Waals surface area contributed by atoms with Crippen LogP contribution in [0.4, 0.5) is 0 Å². The second-order valence-corrected chi connectivity index (χ2v) is 7.61. The number of benzene rings is 2. The lowest BCUT2D eigenvalue weighted by atomic mass is 10.1. The number of nitrogens with one attached hydrogen (secondary N) is 1. The molecule has 0 saturated heterocycles. The number of halogens is 2. The molecule has 1 amide bonds. The van der Waals surface area contributed by atoms with Gasteiger partial charge >= 0.3 is 0 Å². The van der Waals surface area contributed by atoms with E-state index in [1.807, 2.05) is 24.3 Å². The lowest BCUT2D eigenvalue weighted by molar-refractivity contribution is -0.123. The summed E-state index contributed by atoms with van der Waals surface area (Å²) >= 11 is 13.2. The Bertz CT molecular complexity index is 957. The molecule has 27 heavy (non-hydrogen) atoms. The Morgan fingerprint density at radius 2 is 1.78 bits per heavy atom. The van der Waals surface area contributed by atoms with E-state index in [9.17, 15) is 9.59 Å². The fourth-order valence-corrected chi connectivity index (χ4v) is 3.67. The summed E-state index contributed by atoms with van der Waals surface area (Å²) in [6.07, 6.45) is 0. The van der Waals surface area contributed by atoms with Crippen LogP contribution in [0.25, 0.3) is 0 Å². The van der Waals surface area contributed by atoms with Crippen molar-refractivity contribution in [1.82, 2.24) is 5.32 Å². The highest BCUT2D eigenvalue weighted by atomic mass is 35.5. The smallest absolute Gasteiger partial charge is 0.258 e. The average molecular weight is 420 g/mol. The van der Waals surface area contributed by atoms with Crippen LogP contribution in [0, 0.1) is 0 Å². The molecule has 1 heterocycles. The Morgan fingerprint density at radius 3 is 2.52 bits per heavy atom. The van der Waals surface area contributed by atoms with Gasteiger partial charge in [0.05, 0.1) is 16.4 Å². The number of carbonyl (C=O) groups excluding carboxylic acids is 2. The van der Waals surface area contributed by atoms with Gasteiger partial charge in [-0.3, -0.25) is 9.59 Å². The normalized spacial score (nSPS) is 10.4. The number of rotatable bonds is 7. The third-order valence-electron chi connectivity index (χ3n) is 3.63. The van der Waals surface area contributed by atoms with Gasteiger partial charge in [0.2, 0.25) is 5.78 Å². The summed E-state index contributed by atoms with van der Waals surface area (Å²) in [5.41, 5.74) is 0.642. The molecule has 4 nitrogen and oxygen atoms in total. The molecule has 0 radical (unpaired) electrons. The zero-order valence-electron chi connectivity index (χ0n) is 14.1. The molecule has 7 heteroatoms. The molecule has 3 aromatic rings. The fraction of sp³-hybridized carbons (Fsp3) is 0.100. The van der Waals surface area contributed by atoms with Gasteiger partial charge in [0.1, 0.15) is 5.75 Å². The lowest BCUT2D eigenvalue weighted by Crippen LogP contribution is -2.28. The van der Waals surface area contributed by atoms with Crippen molar-refractivity contribution in [2.24, 2.45) is 0 Å². The van der Waals surface area contributed by atoms with Crippen LogP contribution in [0.2, 0.25) is 10.0 Å². The van der Waals surface area contributed by atoms with E-state index in [-0.39, 0.29) is 18.3 Å². The molecule has 0 atom stereocenters. The third kappa shape index (κ3) is 5.32. The maximum absolute atomic E-state index is 12.4. The number of carbonyl (C=O) groups is 2. The largest absolute Gasteiger partial charge is 0.482 e. The number of amides is 1. The maximum atomic E-state index is 12.4. The Kier molecular flexibility index (Phi) is 6.50. The van der Waals surface area contributed by atoms with Crippen molar-refractivity contribution >= 4 is 46.2 Å². The van der Waals surface area contributed by atoms with Gasteiger partial charge in [-0.2, -0.15) is 0 Å². The first kappa shape index (κ1) is 19.4. The zero-order chi connectivity index (χ0) is 19.2. The fourth-order valence-electron chi connectivity index (χ4n) is 2.30. The molecule has 0 aliphatic rings. The number of thiophene rings is 1. The van der Waals surface area contributed by atoms with E-state index in [1.165, 1.54) is 11.3 Å². The van der Waals surface area contributed by atoms with Crippen LogP contribution >= 0.6 is 34.5 Å². The molecule has 0 bridgehead atoms. The van der Waals surface area contributed by atoms with Gasteiger partial charge in [-0.1, -0.05) is 53.5 Å². The van der Waals surface area contributed by atoms with Gasteiger partial charge in [0, 0.05) is 15.5 Å².